The van der Waals surface area contributed by atoms with Gasteiger partial charge in [0.25, 0.3) is 0 Å². The van der Waals surface area contributed by atoms with Crippen molar-refractivity contribution < 1.29 is 10.2 Å². The largest absolute Gasteiger partial charge is 0.508 e. The Morgan fingerprint density at radius 2 is 2.00 bits per heavy atom. The molecule has 82 valence electrons. The molecule has 1 aliphatic rings. The maximum Gasteiger partial charge on any atom is 0.116 e. The van der Waals surface area contributed by atoms with Crippen LogP contribution < -0.4 is 0 Å². The molecule has 0 heterocycles. The Labute approximate surface area is 94.3 Å². The lowest BCUT2D eigenvalue weighted by Crippen LogP contribution is -2.26. The number of aromatic hydroxyl groups is 1. The topological polar surface area (TPSA) is 40.5 Å². The molecule has 0 aliphatic heterocycles. The molecule has 2 nitrogen and oxygen atoms in total. The molecule has 0 radical (unpaired) electrons. The normalized spacial score (nSPS) is 19.3. The molecular weight excluding hydrogens is 208 g/mol. The monoisotopic (exact) mass is 224 g/mol. The zero-order valence-electron chi connectivity index (χ0n) is 8.65. The number of benzene rings is 1. The molecule has 0 unspecified atom stereocenters. The molecule has 2 N–H and O–H groups in total. The van der Waals surface area contributed by atoms with Crippen LogP contribution in [0.2, 0.25) is 0 Å². The number of hydrogen-bond acceptors (Lipinski definition) is 3. The quantitative estimate of drug-likeness (QED) is 0.776. The van der Waals surface area contributed by atoms with E-state index in [0.29, 0.717) is 5.75 Å². The van der Waals surface area contributed by atoms with Crippen LogP contribution in [-0.4, -0.2) is 21.6 Å². The van der Waals surface area contributed by atoms with Gasteiger partial charge in [0.15, 0.2) is 0 Å². The van der Waals surface area contributed by atoms with E-state index in [2.05, 4.69) is 0 Å². The third-order valence-electron chi connectivity index (χ3n) is 2.86. The molecular formula is C12H16O2S. The SMILES string of the molecule is Oc1cccc(SCC2(O)CCCC2)c1. The summed E-state index contributed by atoms with van der Waals surface area (Å²) in [6.45, 7) is 0. The molecule has 1 aliphatic carbocycles. The molecule has 0 bridgehead atoms. The van der Waals surface area contributed by atoms with E-state index in [4.69, 9.17) is 0 Å². The van der Waals surface area contributed by atoms with E-state index in [1.165, 1.54) is 0 Å². The van der Waals surface area contributed by atoms with Crippen LogP contribution in [0.3, 0.4) is 0 Å². The first-order chi connectivity index (χ1) is 7.18. The van der Waals surface area contributed by atoms with Gasteiger partial charge in [-0.3, -0.25) is 0 Å². The second-order valence-corrected chi connectivity index (χ2v) is 5.27. The Morgan fingerprint density at radius 1 is 1.27 bits per heavy atom. The standard InChI is InChI=1S/C12H16O2S/c13-10-4-3-5-11(8-10)15-9-12(14)6-1-2-7-12/h3-5,8,13-14H,1-2,6-7,9H2. The van der Waals surface area contributed by atoms with Crippen LogP contribution in [-0.2, 0) is 0 Å². The summed E-state index contributed by atoms with van der Waals surface area (Å²) in [4.78, 5) is 1.02. The minimum Gasteiger partial charge on any atom is -0.508 e. The Balaban J connectivity index is 1.92. The van der Waals surface area contributed by atoms with Gasteiger partial charge in [0.2, 0.25) is 0 Å². The van der Waals surface area contributed by atoms with Crippen molar-refractivity contribution in [2.24, 2.45) is 0 Å². The fourth-order valence-corrected chi connectivity index (χ4v) is 3.07. The van der Waals surface area contributed by atoms with Crippen LogP contribution in [0.1, 0.15) is 25.7 Å². The molecule has 1 fully saturated rings. The predicted octanol–water partition coefficient (Wildman–Crippen LogP) is 2.79. The minimum absolute atomic E-state index is 0.290. The second-order valence-electron chi connectivity index (χ2n) is 4.22. The van der Waals surface area contributed by atoms with Crippen LogP contribution in [0.25, 0.3) is 0 Å². The fourth-order valence-electron chi connectivity index (χ4n) is 1.97. The van der Waals surface area contributed by atoms with Crippen LogP contribution in [0.5, 0.6) is 5.75 Å². The lowest BCUT2D eigenvalue weighted by Gasteiger charge is -2.21. The zero-order chi connectivity index (χ0) is 10.7. The molecule has 2 rings (SSSR count). The lowest BCUT2D eigenvalue weighted by molar-refractivity contribution is 0.0732. The van der Waals surface area contributed by atoms with E-state index in [0.717, 1.165) is 36.3 Å². The number of phenolic OH excluding ortho intramolecular Hbond substituents is 1. The number of aliphatic hydroxyl groups is 1. The number of thioether (sulfide) groups is 1. The highest BCUT2D eigenvalue weighted by Crippen LogP contribution is 2.35. The summed E-state index contributed by atoms with van der Waals surface area (Å²) in [5.41, 5.74) is -0.476. The summed E-state index contributed by atoms with van der Waals surface area (Å²) >= 11 is 1.62. The van der Waals surface area contributed by atoms with Gasteiger partial charge in [-0.05, 0) is 31.0 Å². The molecule has 0 amide bonds. The third kappa shape index (κ3) is 2.89. The summed E-state index contributed by atoms with van der Waals surface area (Å²) in [6, 6.07) is 7.19. The Bertz CT molecular complexity index is 332. The molecule has 1 saturated carbocycles. The first-order valence-electron chi connectivity index (χ1n) is 5.32. The van der Waals surface area contributed by atoms with Crippen LogP contribution in [0, 0.1) is 0 Å². The predicted molar refractivity (Wildman–Crippen MR) is 62.2 cm³/mol. The van der Waals surface area contributed by atoms with Crippen molar-refractivity contribution in [2.75, 3.05) is 5.75 Å². The van der Waals surface area contributed by atoms with Gasteiger partial charge in [0.05, 0.1) is 5.60 Å². The van der Waals surface area contributed by atoms with E-state index in [1.807, 2.05) is 12.1 Å². The van der Waals surface area contributed by atoms with Gasteiger partial charge in [0.1, 0.15) is 5.75 Å². The summed E-state index contributed by atoms with van der Waals surface area (Å²) < 4.78 is 0. The van der Waals surface area contributed by atoms with Gasteiger partial charge in [-0.25, -0.2) is 0 Å². The molecule has 15 heavy (non-hydrogen) atoms. The fraction of sp³-hybridized carbons (Fsp3) is 0.500. The van der Waals surface area contributed by atoms with E-state index >= 15 is 0 Å². The van der Waals surface area contributed by atoms with Gasteiger partial charge >= 0.3 is 0 Å². The minimum atomic E-state index is -0.476. The molecule has 0 saturated heterocycles. The van der Waals surface area contributed by atoms with Crippen molar-refractivity contribution in [2.45, 2.75) is 36.2 Å². The number of hydrogen-bond donors (Lipinski definition) is 2. The van der Waals surface area contributed by atoms with Crippen molar-refractivity contribution in [3.8, 4) is 5.75 Å². The average Bonchev–Trinajstić information content (AvgIpc) is 2.63. The Morgan fingerprint density at radius 3 is 2.67 bits per heavy atom. The average molecular weight is 224 g/mol. The van der Waals surface area contributed by atoms with Crippen LogP contribution >= 0.6 is 11.8 Å². The van der Waals surface area contributed by atoms with E-state index in [9.17, 15) is 10.2 Å². The van der Waals surface area contributed by atoms with E-state index < -0.39 is 5.60 Å². The Kier molecular flexibility index (Phi) is 3.22. The molecule has 0 aromatic heterocycles. The van der Waals surface area contributed by atoms with Crippen LogP contribution in [0.4, 0.5) is 0 Å². The van der Waals surface area contributed by atoms with Crippen molar-refractivity contribution in [3.63, 3.8) is 0 Å². The molecule has 0 spiro atoms. The second kappa shape index (κ2) is 4.45. The summed E-state index contributed by atoms with van der Waals surface area (Å²) in [7, 11) is 0. The zero-order valence-corrected chi connectivity index (χ0v) is 9.46. The third-order valence-corrected chi connectivity index (χ3v) is 4.13. The summed E-state index contributed by atoms with van der Waals surface area (Å²) in [6.07, 6.45) is 4.10. The van der Waals surface area contributed by atoms with Gasteiger partial charge in [-0.1, -0.05) is 18.9 Å². The van der Waals surface area contributed by atoms with Gasteiger partial charge in [0, 0.05) is 10.6 Å². The maximum atomic E-state index is 10.1. The molecule has 1 aromatic rings. The van der Waals surface area contributed by atoms with Crippen molar-refractivity contribution in [1.82, 2.24) is 0 Å². The van der Waals surface area contributed by atoms with Gasteiger partial charge in [-0.2, -0.15) is 0 Å². The van der Waals surface area contributed by atoms with Crippen LogP contribution in [0.15, 0.2) is 29.2 Å². The number of rotatable bonds is 3. The first kappa shape index (κ1) is 10.8. The summed E-state index contributed by atoms with van der Waals surface area (Å²) in [5, 5.41) is 19.4. The summed E-state index contributed by atoms with van der Waals surface area (Å²) in [5.74, 6) is 1.02. The number of phenols is 1. The van der Waals surface area contributed by atoms with Crippen molar-refractivity contribution in [1.29, 1.82) is 0 Å². The first-order valence-corrected chi connectivity index (χ1v) is 6.31. The van der Waals surface area contributed by atoms with E-state index in [1.54, 1.807) is 23.9 Å². The van der Waals surface area contributed by atoms with E-state index in [-0.39, 0.29) is 0 Å². The van der Waals surface area contributed by atoms with Gasteiger partial charge < -0.3 is 10.2 Å². The highest BCUT2D eigenvalue weighted by atomic mass is 32.2. The Hall–Kier alpha value is -0.670. The highest BCUT2D eigenvalue weighted by Gasteiger charge is 2.30. The highest BCUT2D eigenvalue weighted by molar-refractivity contribution is 7.99. The molecule has 3 heteroatoms. The molecule has 1 aromatic carbocycles. The molecule has 0 atom stereocenters. The van der Waals surface area contributed by atoms with Gasteiger partial charge in [-0.15, -0.1) is 11.8 Å². The lowest BCUT2D eigenvalue weighted by atomic mass is 10.1. The smallest absolute Gasteiger partial charge is 0.116 e. The van der Waals surface area contributed by atoms with Crippen molar-refractivity contribution >= 4 is 11.8 Å². The van der Waals surface area contributed by atoms with Crippen molar-refractivity contribution in [3.05, 3.63) is 24.3 Å². The maximum absolute atomic E-state index is 10.1.